The number of nitrogens with one attached hydrogen (secondary N) is 1. The molecular weight excluding hydrogens is 382 g/mol. The number of carbonyl (C=O) groups is 1. The topological polar surface area (TPSA) is 103 Å². The van der Waals surface area contributed by atoms with Crippen LogP contribution in [0.4, 0.5) is 5.82 Å². The first-order chi connectivity index (χ1) is 14.6. The van der Waals surface area contributed by atoms with Crippen molar-refractivity contribution in [3.05, 3.63) is 82.3 Å². The number of hydrogen-bond acceptors (Lipinski definition) is 5. The quantitative estimate of drug-likeness (QED) is 0.372. The summed E-state index contributed by atoms with van der Waals surface area (Å²) < 4.78 is 8.29. The first-order valence-electron chi connectivity index (χ1n) is 9.54. The molecule has 0 saturated carbocycles. The van der Waals surface area contributed by atoms with Gasteiger partial charge in [0.2, 0.25) is 11.5 Å². The fraction of sp³-hybridized carbons (Fsp3) is 0.182. The van der Waals surface area contributed by atoms with Gasteiger partial charge in [-0.2, -0.15) is 0 Å². The molecule has 8 heteroatoms. The zero-order valence-electron chi connectivity index (χ0n) is 16.5. The SMILES string of the molecule is COCC[n+]1c(N)c(C(=O)NCc2ccccc2)cc2c(=O)n3ccccc3nc21. The number of carbonyl (C=O) groups excluding carboxylic acids is 1. The van der Waals surface area contributed by atoms with E-state index in [9.17, 15) is 9.59 Å². The minimum atomic E-state index is -0.359. The van der Waals surface area contributed by atoms with E-state index in [-0.39, 0.29) is 22.8 Å². The molecular formula is C22H22N5O3+. The molecule has 0 spiro atoms. The van der Waals surface area contributed by atoms with E-state index < -0.39 is 0 Å². The van der Waals surface area contributed by atoms with Crippen LogP contribution in [0.25, 0.3) is 16.7 Å². The van der Waals surface area contributed by atoms with E-state index in [4.69, 9.17) is 10.5 Å². The summed E-state index contributed by atoms with van der Waals surface area (Å²) in [5.41, 5.74) is 8.20. The Hall–Kier alpha value is -3.78. The van der Waals surface area contributed by atoms with Crippen molar-refractivity contribution in [2.45, 2.75) is 13.1 Å². The smallest absolute Gasteiger partial charge is 0.278 e. The van der Waals surface area contributed by atoms with Gasteiger partial charge in [-0.25, -0.2) is 4.57 Å². The third-order valence-corrected chi connectivity index (χ3v) is 4.92. The molecule has 8 nitrogen and oxygen atoms in total. The van der Waals surface area contributed by atoms with Crippen molar-refractivity contribution in [1.82, 2.24) is 14.7 Å². The van der Waals surface area contributed by atoms with Gasteiger partial charge in [0.05, 0.1) is 13.2 Å². The molecule has 0 aliphatic heterocycles. The zero-order valence-corrected chi connectivity index (χ0v) is 16.5. The van der Waals surface area contributed by atoms with E-state index >= 15 is 0 Å². The number of benzene rings is 1. The molecule has 152 valence electrons. The van der Waals surface area contributed by atoms with Gasteiger partial charge in [0, 0.05) is 19.9 Å². The number of pyridine rings is 2. The summed E-state index contributed by atoms with van der Waals surface area (Å²) in [6, 6.07) is 16.4. The lowest BCUT2D eigenvalue weighted by molar-refractivity contribution is -0.660. The minimum absolute atomic E-state index is 0.226. The number of fused-ring (bicyclic) bond motifs is 2. The number of nitrogens with zero attached hydrogens (tertiary/aromatic N) is 3. The van der Waals surface area contributed by atoms with Crippen LogP contribution in [0.3, 0.4) is 0 Å². The van der Waals surface area contributed by atoms with Crippen LogP contribution in [-0.2, 0) is 17.8 Å². The summed E-state index contributed by atoms with van der Waals surface area (Å²) in [5, 5.41) is 3.18. The molecule has 0 aliphatic rings. The summed E-state index contributed by atoms with van der Waals surface area (Å²) in [6.07, 6.45) is 1.65. The van der Waals surface area contributed by atoms with Gasteiger partial charge in [0.15, 0.2) is 0 Å². The Morgan fingerprint density at radius 1 is 1.20 bits per heavy atom. The first-order valence-corrected chi connectivity index (χ1v) is 9.54. The third kappa shape index (κ3) is 3.60. The number of nitrogens with two attached hydrogens (primary N) is 1. The van der Waals surface area contributed by atoms with E-state index in [0.717, 1.165) is 5.56 Å². The average molecular weight is 404 g/mol. The van der Waals surface area contributed by atoms with Crippen molar-refractivity contribution >= 4 is 28.4 Å². The Balaban J connectivity index is 1.84. The molecule has 1 aromatic carbocycles. The molecule has 1 amide bonds. The van der Waals surface area contributed by atoms with E-state index in [0.29, 0.717) is 36.4 Å². The molecule has 0 fully saturated rings. The van der Waals surface area contributed by atoms with E-state index in [1.165, 1.54) is 10.5 Å². The van der Waals surface area contributed by atoms with Gasteiger partial charge in [0.25, 0.3) is 17.1 Å². The number of rotatable bonds is 6. The lowest BCUT2D eigenvalue weighted by atomic mass is 10.1. The molecule has 0 saturated heterocycles. The van der Waals surface area contributed by atoms with Crippen molar-refractivity contribution in [2.24, 2.45) is 0 Å². The predicted molar refractivity (Wildman–Crippen MR) is 113 cm³/mol. The standard InChI is InChI=1S/C22H21N5O3/c1-30-12-11-27-19(23)16(21(28)24-14-15-7-3-2-4-8-15)13-17-20(27)25-18-9-5-6-10-26(18)22(17)29/h2-10,13,23H,11-12,14H2,1H3,(H,24,28)/p+1. The molecule has 4 aromatic rings. The van der Waals surface area contributed by atoms with Crippen molar-refractivity contribution < 1.29 is 14.1 Å². The monoisotopic (exact) mass is 404 g/mol. The molecule has 3 heterocycles. The van der Waals surface area contributed by atoms with Gasteiger partial charge in [-0.15, -0.1) is 0 Å². The molecule has 3 aromatic heterocycles. The van der Waals surface area contributed by atoms with Crippen LogP contribution in [0.2, 0.25) is 0 Å². The van der Waals surface area contributed by atoms with Gasteiger partial charge in [-0.05, 0) is 23.8 Å². The maximum Gasteiger partial charge on any atom is 0.278 e. The second-order valence-electron chi connectivity index (χ2n) is 6.84. The number of hydrogen-bond donors (Lipinski definition) is 2. The number of ether oxygens (including phenoxy) is 1. The average Bonchev–Trinajstić information content (AvgIpc) is 2.78. The molecule has 30 heavy (non-hydrogen) atoms. The van der Waals surface area contributed by atoms with Crippen LogP contribution in [0.1, 0.15) is 15.9 Å². The molecule has 0 bridgehead atoms. The lowest BCUT2D eigenvalue weighted by Gasteiger charge is -2.12. The number of aromatic nitrogens is 3. The number of anilines is 1. The summed E-state index contributed by atoms with van der Waals surface area (Å²) >= 11 is 0. The fourth-order valence-corrected chi connectivity index (χ4v) is 3.37. The highest BCUT2D eigenvalue weighted by Crippen LogP contribution is 2.15. The number of methoxy groups -OCH3 is 1. The second-order valence-corrected chi connectivity index (χ2v) is 6.84. The maximum absolute atomic E-state index is 13.1. The van der Waals surface area contributed by atoms with Crippen LogP contribution < -0.4 is 21.2 Å². The summed E-state index contributed by atoms with van der Waals surface area (Å²) in [6.45, 7) is 1.06. The highest BCUT2D eigenvalue weighted by molar-refractivity contribution is 6.00. The Morgan fingerprint density at radius 3 is 2.73 bits per heavy atom. The summed E-state index contributed by atoms with van der Waals surface area (Å²) in [4.78, 5) is 30.6. The summed E-state index contributed by atoms with van der Waals surface area (Å²) in [7, 11) is 1.58. The highest BCUT2D eigenvalue weighted by atomic mass is 16.5. The van der Waals surface area contributed by atoms with E-state index in [2.05, 4.69) is 10.3 Å². The van der Waals surface area contributed by atoms with E-state index in [1.807, 2.05) is 36.4 Å². The second kappa shape index (κ2) is 8.30. The Kier molecular flexibility index (Phi) is 5.40. The van der Waals surface area contributed by atoms with Crippen LogP contribution in [-0.4, -0.2) is 29.0 Å². The van der Waals surface area contributed by atoms with E-state index in [1.54, 1.807) is 30.0 Å². The van der Waals surface area contributed by atoms with Crippen LogP contribution >= 0.6 is 0 Å². The first kappa shape index (κ1) is 19.5. The van der Waals surface area contributed by atoms with Gasteiger partial charge >= 0.3 is 0 Å². The predicted octanol–water partition coefficient (Wildman–Crippen LogP) is 1.29. The Bertz CT molecular complexity index is 1280. The van der Waals surface area contributed by atoms with Gasteiger partial charge in [-0.1, -0.05) is 41.4 Å². The van der Waals surface area contributed by atoms with Crippen molar-refractivity contribution in [3.63, 3.8) is 0 Å². The highest BCUT2D eigenvalue weighted by Gasteiger charge is 2.24. The third-order valence-electron chi connectivity index (χ3n) is 4.92. The lowest BCUT2D eigenvalue weighted by Crippen LogP contribution is -2.44. The minimum Gasteiger partial charge on any atom is -0.381 e. The normalized spacial score (nSPS) is 11.1. The van der Waals surface area contributed by atoms with Crippen molar-refractivity contribution in [3.8, 4) is 0 Å². The Morgan fingerprint density at radius 2 is 1.97 bits per heavy atom. The van der Waals surface area contributed by atoms with Crippen molar-refractivity contribution in [2.75, 3.05) is 19.5 Å². The molecule has 0 atom stereocenters. The zero-order chi connectivity index (χ0) is 21.1. The number of amides is 1. The molecule has 0 unspecified atom stereocenters. The molecule has 0 radical (unpaired) electrons. The van der Waals surface area contributed by atoms with Gasteiger partial charge < -0.3 is 15.8 Å². The van der Waals surface area contributed by atoms with Crippen LogP contribution in [0.5, 0.6) is 0 Å². The van der Waals surface area contributed by atoms with Crippen molar-refractivity contribution in [1.29, 1.82) is 0 Å². The molecule has 3 N–H and O–H groups in total. The fourth-order valence-electron chi connectivity index (χ4n) is 3.37. The van der Waals surface area contributed by atoms with Crippen LogP contribution in [0.15, 0.2) is 65.6 Å². The molecule has 0 aliphatic carbocycles. The molecule has 4 rings (SSSR count). The number of nitrogen functional groups attached to an aromatic ring is 1. The van der Waals surface area contributed by atoms with Gasteiger partial charge in [0.1, 0.15) is 10.9 Å². The maximum atomic E-state index is 13.1. The Labute approximate surface area is 172 Å². The summed E-state index contributed by atoms with van der Waals surface area (Å²) in [5.74, 6) is -0.126. The largest absolute Gasteiger partial charge is 0.381 e. The van der Waals surface area contributed by atoms with Gasteiger partial charge in [-0.3, -0.25) is 14.0 Å². The van der Waals surface area contributed by atoms with Crippen LogP contribution in [0, 0.1) is 0 Å².